The van der Waals surface area contributed by atoms with E-state index in [9.17, 15) is 4.79 Å². The summed E-state index contributed by atoms with van der Waals surface area (Å²) in [6.07, 6.45) is 0.452. The molecule has 1 amide bonds. The lowest BCUT2D eigenvalue weighted by Gasteiger charge is -2.10. The van der Waals surface area contributed by atoms with Crippen LogP contribution in [0.1, 0.15) is 16.8 Å². The summed E-state index contributed by atoms with van der Waals surface area (Å²) in [6.45, 7) is 1.97. The van der Waals surface area contributed by atoms with Crippen molar-refractivity contribution in [2.24, 2.45) is 0 Å². The summed E-state index contributed by atoms with van der Waals surface area (Å²) in [5.74, 6) is 1.13. The van der Waals surface area contributed by atoms with Gasteiger partial charge >= 0.3 is 0 Å². The van der Waals surface area contributed by atoms with Gasteiger partial charge in [-0.25, -0.2) is 0 Å². The molecule has 102 valence electrons. The molecule has 1 N–H and O–H groups in total. The van der Waals surface area contributed by atoms with Crippen LogP contribution >= 0.6 is 0 Å². The Balaban J connectivity index is 1.52. The molecule has 0 radical (unpaired) electrons. The van der Waals surface area contributed by atoms with E-state index >= 15 is 0 Å². The lowest BCUT2D eigenvalue weighted by molar-refractivity contribution is -0.0455. The lowest BCUT2D eigenvalue weighted by Crippen LogP contribution is -2.27. The minimum atomic E-state index is -0.197. The highest BCUT2D eigenvalue weighted by molar-refractivity contribution is 5.94. The van der Waals surface area contributed by atoms with Gasteiger partial charge in [-0.1, -0.05) is 0 Å². The van der Waals surface area contributed by atoms with Crippen LogP contribution in [0.15, 0.2) is 18.2 Å². The second kappa shape index (κ2) is 5.46. The standard InChI is InChI=1S/C13H15NO5/c15-13(14-4-3-12-16-5-6-17-12)9-1-2-10-11(7-9)19-8-18-10/h1-2,7,12H,3-6,8H2,(H,14,15). The molecule has 19 heavy (non-hydrogen) atoms. The van der Waals surface area contributed by atoms with Gasteiger partial charge in [0.25, 0.3) is 5.91 Å². The lowest BCUT2D eigenvalue weighted by atomic mass is 10.2. The van der Waals surface area contributed by atoms with Gasteiger partial charge < -0.3 is 24.3 Å². The van der Waals surface area contributed by atoms with Crippen LogP contribution < -0.4 is 14.8 Å². The maximum atomic E-state index is 11.9. The fraction of sp³-hybridized carbons (Fsp3) is 0.462. The van der Waals surface area contributed by atoms with Gasteiger partial charge in [0.15, 0.2) is 17.8 Å². The summed E-state index contributed by atoms with van der Waals surface area (Å²) < 4.78 is 21.0. The van der Waals surface area contributed by atoms with Crippen LogP contribution in [0.5, 0.6) is 11.5 Å². The molecule has 2 aliphatic rings. The van der Waals surface area contributed by atoms with Gasteiger partial charge in [-0.2, -0.15) is 0 Å². The van der Waals surface area contributed by atoms with E-state index in [0.29, 0.717) is 43.2 Å². The molecule has 6 nitrogen and oxygen atoms in total. The maximum Gasteiger partial charge on any atom is 0.251 e. The van der Waals surface area contributed by atoms with Crippen molar-refractivity contribution >= 4 is 5.91 Å². The number of benzene rings is 1. The minimum Gasteiger partial charge on any atom is -0.454 e. The number of carbonyl (C=O) groups excluding carboxylic acids is 1. The van der Waals surface area contributed by atoms with Crippen LogP contribution in [0, 0.1) is 0 Å². The molecule has 0 aromatic heterocycles. The van der Waals surface area contributed by atoms with E-state index in [4.69, 9.17) is 18.9 Å². The number of nitrogens with one attached hydrogen (secondary N) is 1. The number of ether oxygens (including phenoxy) is 4. The maximum absolute atomic E-state index is 11.9. The average Bonchev–Trinajstić information content (AvgIpc) is 3.08. The summed E-state index contributed by atoms with van der Waals surface area (Å²) in [5.41, 5.74) is 0.553. The van der Waals surface area contributed by atoms with Crippen LogP contribution in [0.2, 0.25) is 0 Å². The number of hydrogen-bond acceptors (Lipinski definition) is 5. The van der Waals surface area contributed by atoms with Gasteiger partial charge in [0.1, 0.15) is 0 Å². The van der Waals surface area contributed by atoms with Crippen molar-refractivity contribution in [3.05, 3.63) is 23.8 Å². The summed E-state index contributed by atoms with van der Waals surface area (Å²) >= 11 is 0. The first-order chi connectivity index (χ1) is 9.33. The van der Waals surface area contributed by atoms with Crippen LogP contribution in [0.25, 0.3) is 0 Å². The summed E-state index contributed by atoms with van der Waals surface area (Å²) in [6, 6.07) is 5.13. The van der Waals surface area contributed by atoms with Crippen molar-refractivity contribution in [3.8, 4) is 11.5 Å². The molecule has 3 rings (SSSR count). The number of hydrogen-bond donors (Lipinski definition) is 1. The van der Waals surface area contributed by atoms with Gasteiger partial charge in [-0.15, -0.1) is 0 Å². The largest absolute Gasteiger partial charge is 0.454 e. The average molecular weight is 265 g/mol. The van der Waals surface area contributed by atoms with E-state index in [2.05, 4.69) is 5.32 Å². The Morgan fingerprint density at radius 1 is 1.21 bits per heavy atom. The first-order valence-corrected chi connectivity index (χ1v) is 6.24. The molecule has 1 fully saturated rings. The first-order valence-electron chi connectivity index (χ1n) is 6.24. The van der Waals surface area contributed by atoms with E-state index in [1.807, 2.05) is 0 Å². The monoisotopic (exact) mass is 265 g/mol. The van der Waals surface area contributed by atoms with Crippen LogP contribution in [-0.4, -0.2) is 38.7 Å². The number of amides is 1. The number of rotatable bonds is 4. The molecule has 1 aromatic rings. The van der Waals surface area contributed by atoms with Crippen molar-refractivity contribution in [1.82, 2.24) is 5.32 Å². The smallest absolute Gasteiger partial charge is 0.251 e. The van der Waals surface area contributed by atoms with E-state index in [-0.39, 0.29) is 19.0 Å². The van der Waals surface area contributed by atoms with Gasteiger partial charge in [0, 0.05) is 18.5 Å². The Bertz CT molecular complexity index is 470. The SMILES string of the molecule is O=C(NCCC1OCCO1)c1ccc2c(c1)OCO2. The fourth-order valence-corrected chi connectivity index (χ4v) is 2.02. The molecule has 0 bridgehead atoms. The quantitative estimate of drug-likeness (QED) is 0.876. The Hall–Kier alpha value is -1.79. The normalized spacial score (nSPS) is 17.7. The predicted molar refractivity (Wildman–Crippen MR) is 65.2 cm³/mol. The van der Waals surface area contributed by atoms with Gasteiger partial charge in [-0.3, -0.25) is 4.79 Å². The summed E-state index contributed by atoms with van der Waals surface area (Å²) in [5, 5.41) is 2.82. The van der Waals surface area contributed by atoms with Crippen molar-refractivity contribution in [3.63, 3.8) is 0 Å². The summed E-state index contributed by atoms with van der Waals surface area (Å²) in [7, 11) is 0. The molecular formula is C13H15NO5. The molecule has 0 unspecified atom stereocenters. The van der Waals surface area contributed by atoms with Gasteiger partial charge in [0.2, 0.25) is 6.79 Å². The highest BCUT2D eigenvalue weighted by Crippen LogP contribution is 2.32. The van der Waals surface area contributed by atoms with Crippen LogP contribution in [-0.2, 0) is 9.47 Å². The van der Waals surface area contributed by atoms with Crippen molar-refractivity contribution in [2.75, 3.05) is 26.6 Å². The molecule has 0 atom stereocenters. The van der Waals surface area contributed by atoms with Gasteiger partial charge in [0.05, 0.1) is 13.2 Å². The van der Waals surface area contributed by atoms with E-state index < -0.39 is 0 Å². The van der Waals surface area contributed by atoms with Crippen LogP contribution in [0.4, 0.5) is 0 Å². The minimum absolute atomic E-state index is 0.142. The zero-order chi connectivity index (χ0) is 13.1. The number of carbonyl (C=O) groups is 1. The van der Waals surface area contributed by atoms with Crippen molar-refractivity contribution < 1.29 is 23.7 Å². The van der Waals surface area contributed by atoms with Crippen molar-refractivity contribution in [2.45, 2.75) is 12.7 Å². The van der Waals surface area contributed by atoms with Crippen molar-refractivity contribution in [1.29, 1.82) is 0 Å². The zero-order valence-corrected chi connectivity index (χ0v) is 10.4. The first kappa shape index (κ1) is 12.3. The molecule has 0 saturated carbocycles. The Morgan fingerprint density at radius 3 is 2.84 bits per heavy atom. The Kier molecular flexibility index (Phi) is 3.52. The van der Waals surface area contributed by atoms with E-state index in [1.165, 1.54) is 0 Å². The Labute approximate surface area is 110 Å². The molecular weight excluding hydrogens is 250 g/mol. The predicted octanol–water partition coefficient (Wildman–Crippen LogP) is 0.908. The van der Waals surface area contributed by atoms with E-state index in [0.717, 1.165) is 0 Å². The molecule has 2 aliphatic heterocycles. The highest BCUT2D eigenvalue weighted by atomic mass is 16.7. The molecule has 0 aliphatic carbocycles. The third-order valence-electron chi connectivity index (χ3n) is 2.99. The molecule has 0 spiro atoms. The third kappa shape index (κ3) is 2.80. The zero-order valence-electron chi connectivity index (χ0n) is 10.4. The molecule has 1 saturated heterocycles. The second-order valence-electron chi connectivity index (χ2n) is 4.28. The molecule has 6 heteroatoms. The topological polar surface area (TPSA) is 66.0 Å². The third-order valence-corrected chi connectivity index (χ3v) is 2.99. The van der Waals surface area contributed by atoms with Crippen LogP contribution in [0.3, 0.4) is 0 Å². The van der Waals surface area contributed by atoms with E-state index in [1.54, 1.807) is 18.2 Å². The highest BCUT2D eigenvalue weighted by Gasteiger charge is 2.18. The Morgan fingerprint density at radius 2 is 2.00 bits per heavy atom. The number of fused-ring (bicyclic) bond motifs is 1. The molecule has 1 aromatic carbocycles. The second-order valence-corrected chi connectivity index (χ2v) is 4.28. The summed E-state index contributed by atoms with van der Waals surface area (Å²) in [4.78, 5) is 11.9. The fourth-order valence-electron chi connectivity index (χ4n) is 2.02. The van der Waals surface area contributed by atoms with Gasteiger partial charge in [-0.05, 0) is 18.2 Å². The molecule has 2 heterocycles.